The molecule has 0 unspecified atom stereocenters. The van der Waals surface area contributed by atoms with E-state index in [9.17, 15) is 14.7 Å². The molecule has 0 saturated carbocycles. The molecular weight excluding hydrogens is 558 g/mol. The molecule has 0 bridgehead atoms. The van der Waals surface area contributed by atoms with Gasteiger partial charge >= 0.3 is 0 Å². The molecule has 3 aromatic rings. The smallest absolute Gasteiger partial charge is 0.243 e. The number of unbranched alkanes of at least 4 members (excludes halogenated alkanes) is 3. The lowest BCUT2D eigenvalue weighted by Crippen LogP contribution is -2.38. The summed E-state index contributed by atoms with van der Waals surface area (Å²) >= 11 is 0. The molecule has 4 rings (SSSR count). The number of nitrogens with one attached hydrogen (secondary N) is 2. The fourth-order valence-corrected chi connectivity index (χ4v) is 5.43. The number of aliphatic hydroxyl groups excluding tert-OH is 1. The summed E-state index contributed by atoms with van der Waals surface area (Å²) in [6.45, 7) is 2.92. The van der Waals surface area contributed by atoms with E-state index in [1.807, 2.05) is 54.6 Å². The van der Waals surface area contributed by atoms with Crippen molar-refractivity contribution in [2.24, 2.45) is 0 Å². The molecule has 2 amide bonds. The third kappa shape index (κ3) is 9.97. The quantitative estimate of drug-likeness (QED) is 0.0927. The van der Waals surface area contributed by atoms with Gasteiger partial charge in [0.15, 0.2) is 6.29 Å². The Kier molecular flexibility index (Phi) is 12.9. The molecule has 3 aromatic carbocycles. The Hall–Kier alpha value is -3.60. The summed E-state index contributed by atoms with van der Waals surface area (Å²) in [4.78, 5) is 25.8. The number of likely N-dealkylation sites (N-methyl/N-ethyl adjacent to an activating group) is 1. The van der Waals surface area contributed by atoms with Crippen molar-refractivity contribution in [3.8, 4) is 0 Å². The Labute approximate surface area is 260 Å². The van der Waals surface area contributed by atoms with Crippen LogP contribution in [0.4, 0.5) is 5.69 Å². The van der Waals surface area contributed by atoms with Crippen LogP contribution >= 0.6 is 0 Å². The van der Waals surface area contributed by atoms with Crippen LogP contribution in [0, 0.1) is 0 Å². The Bertz CT molecular complexity index is 1300. The van der Waals surface area contributed by atoms with Gasteiger partial charge in [-0.25, -0.2) is 5.48 Å². The predicted molar refractivity (Wildman–Crippen MR) is 169 cm³/mol. The maximum atomic E-state index is 12.5. The number of hydrogen-bond acceptors (Lipinski definition) is 7. The summed E-state index contributed by atoms with van der Waals surface area (Å²) in [7, 11) is 2.11. The van der Waals surface area contributed by atoms with Gasteiger partial charge in [0, 0.05) is 43.1 Å². The van der Waals surface area contributed by atoms with E-state index in [-0.39, 0.29) is 43.1 Å². The summed E-state index contributed by atoms with van der Waals surface area (Å²) in [6.07, 6.45) is 3.62. The number of benzene rings is 3. The fourth-order valence-electron chi connectivity index (χ4n) is 5.43. The average molecular weight is 604 g/mol. The molecule has 1 aliphatic rings. The predicted octanol–water partition coefficient (Wildman–Crippen LogP) is 6.20. The first kappa shape index (κ1) is 33.3. The highest BCUT2D eigenvalue weighted by molar-refractivity contribution is 5.90. The van der Waals surface area contributed by atoms with Crippen molar-refractivity contribution in [2.75, 3.05) is 18.9 Å². The molecule has 44 heavy (non-hydrogen) atoms. The van der Waals surface area contributed by atoms with Crippen molar-refractivity contribution in [3.63, 3.8) is 0 Å². The van der Waals surface area contributed by atoms with Gasteiger partial charge < -0.3 is 19.9 Å². The lowest BCUT2D eigenvalue weighted by molar-refractivity contribution is -0.253. The van der Waals surface area contributed by atoms with Crippen molar-refractivity contribution >= 4 is 17.5 Å². The van der Waals surface area contributed by atoms with Crippen LogP contribution in [0.2, 0.25) is 0 Å². The van der Waals surface area contributed by atoms with Crippen LogP contribution < -0.4 is 10.8 Å². The monoisotopic (exact) mass is 603 g/mol. The average Bonchev–Trinajstić information content (AvgIpc) is 3.06. The highest BCUT2D eigenvalue weighted by atomic mass is 16.7. The Balaban J connectivity index is 1.37. The summed E-state index contributed by atoms with van der Waals surface area (Å²) in [5.41, 5.74) is 6.36. The molecule has 1 heterocycles. The number of aliphatic hydroxyl groups is 1. The van der Waals surface area contributed by atoms with Gasteiger partial charge in [0.25, 0.3) is 0 Å². The molecule has 4 N–H and O–H groups in total. The molecule has 1 saturated heterocycles. The Morgan fingerprint density at radius 2 is 1.50 bits per heavy atom. The zero-order chi connectivity index (χ0) is 31.3. The molecule has 0 radical (unpaired) electrons. The second-order valence-corrected chi connectivity index (χ2v) is 11.5. The van der Waals surface area contributed by atoms with Crippen molar-refractivity contribution in [1.82, 2.24) is 10.4 Å². The first-order valence-electron chi connectivity index (χ1n) is 15.4. The molecule has 0 aromatic heterocycles. The third-order valence-corrected chi connectivity index (χ3v) is 8.20. The summed E-state index contributed by atoms with van der Waals surface area (Å²) in [6, 6.07) is 26.1. The van der Waals surface area contributed by atoms with Crippen LogP contribution in [-0.4, -0.2) is 46.7 Å². The van der Waals surface area contributed by atoms with Crippen LogP contribution in [-0.2, 0) is 25.7 Å². The van der Waals surface area contributed by atoms with E-state index in [1.54, 1.807) is 5.48 Å². The van der Waals surface area contributed by atoms with Crippen molar-refractivity contribution < 1.29 is 29.4 Å². The molecule has 9 heteroatoms. The van der Waals surface area contributed by atoms with E-state index in [4.69, 9.17) is 14.7 Å². The second kappa shape index (κ2) is 17.0. The zero-order valence-electron chi connectivity index (χ0n) is 25.7. The number of anilines is 1. The van der Waals surface area contributed by atoms with Crippen molar-refractivity contribution in [1.29, 1.82) is 0 Å². The number of ether oxygens (including phenoxy) is 2. The van der Waals surface area contributed by atoms with Gasteiger partial charge in [-0.1, -0.05) is 79.6 Å². The number of hydroxylamine groups is 1. The number of carbonyl (C=O) groups is 2. The topological polar surface area (TPSA) is 120 Å². The highest BCUT2D eigenvalue weighted by Crippen LogP contribution is 2.39. The molecule has 0 aliphatic carbocycles. The first-order valence-corrected chi connectivity index (χ1v) is 15.4. The number of rotatable bonds is 15. The summed E-state index contributed by atoms with van der Waals surface area (Å²) in [5.74, 6) is -0.444. The SMILES string of the molecule is C[C@@H](c1ccccc1)N(C)C[C@@H]1C[C@H](c2ccc(CO)cc2)O[C@H](c2ccc(NC(=O)CCCCCCC(=O)NO)cc2)O1. The Morgan fingerprint density at radius 3 is 2.14 bits per heavy atom. The highest BCUT2D eigenvalue weighted by Gasteiger charge is 2.33. The minimum atomic E-state index is -0.575. The molecule has 0 spiro atoms. The van der Waals surface area contributed by atoms with Crippen LogP contribution in [0.25, 0.3) is 0 Å². The maximum Gasteiger partial charge on any atom is 0.243 e. The van der Waals surface area contributed by atoms with E-state index in [0.717, 1.165) is 42.5 Å². The van der Waals surface area contributed by atoms with Crippen molar-refractivity contribution in [2.45, 2.75) is 83.0 Å². The van der Waals surface area contributed by atoms with Gasteiger partial charge in [0.2, 0.25) is 11.8 Å². The lowest BCUT2D eigenvalue weighted by Gasteiger charge is -2.39. The molecule has 4 atom stereocenters. The largest absolute Gasteiger partial charge is 0.392 e. The molecule has 236 valence electrons. The van der Waals surface area contributed by atoms with Crippen LogP contribution in [0.1, 0.15) is 92.6 Å². The molecular formula is C35H45N3O6. The van der Waals surface area contributed by atoms with Gasteiger partial charge in [-0.3, -0.25) is 19.7 Å². The first-order chi connectivity index (χ1) is 21.4. The summed E-state index contributed by atoms with van der Waals surface area (Å²) < 4.78 is 13.0. The number of carbonyl (C=O) groups excluding carboxylic acids is 2. The standard InChI is InChI=1S/C35H45N3O6/c1-25(27-10-6-5-7-11-27)38(2)23-31-22-32(28-16-14-26(24-39)15-17-28)44-35(43-31)29-18-20-30(21-19-29)36-33(40)12-8-3-4-9-13-34(41)37-42/h5-7,10-11,14-21,25,31-32,35,39,42H,3-4,8-9,12-13,22-24H2,1-2H3,(H,36,40)(H,37,41)/t25-,31-,32+,35+/m0/s1. The van der Waals surface area contributed by atoms with E-state index in [2.05, 4.69) is 48.5 Å². The lowest BCUT2D eigenvalue weighted by atomic mass is 9.99. The number of nitrogens with zero attached hydrogens (tertiary/aromatic N) is 1. The summed E-state index contributed by atoms with van der Waals surface area (Å²) in [5, 5.41) is 21.0. The van der Waals surface area contributed by atoms with Crippen LogP contribution in [0.5, 0.6) is 0 Å². The van der Waals surface area contributed by atoms with Gasteiger partial charge in [0.05, 0.1) is 18.8 Å². The van der Waals surface area contributed by atoms with Crippen LogP contribution in [0.3, 0.4) is 0 Å². The van der Waals surface area contributed by atoms with Gasteiger partial charge in [-0.05, 0) is 55.6 Å². The van der Waals surface area contributed by atoms with Gasteiger partial charge in [-0.15, -0.1) is 0 Å². The Morgan fingerprint density at radius 1 is 0.864 bits per heavy atom. The van der Waals surface area contributed by atoms with Crippen molar-refractivity contribution in [3.05, 3.63) is 101 Å². The molecule has 1 aliphatic heterocycles. The van der Waals surface area contributed by atoms with Gasteiger partial charge in [0.1, 0.15) is 0 Å². The third-order valence-electron chi connectivity index (χ3n) is 8.20. The second-order valence-electron chi connectivity index (χ2n) is 11.5. The van der Waals surface area contributed by atoms with E-state index in [1.165, 1.54) is 5.56 Å². The minimum absolute atomic E-state index is 0.00325. The normalized spacial score (nSPS) is 19.0. The van der Waals surface area contributed by atoms with E-state index >= 15 is 0 Å². The van der Waals surface area contributed by atoms with Gasteiger partial charge in [-0.2, -0.15) is 0 Å². The molecule has 1 fully saturated rings. The number of amides is 2. The van der Waals surface area contributed by atoms with Crippen LogP contribution in [0.15, 0.2) is 78.9 Å². The maximum absolute atomic E-state index is 12.5. The molecule has 9 nitrogen and oxygen atoms in total. The minimum Gasteiger partial charge on any atom is -0.392 e. The van der Waals surface area contributed by atoms with E-state index < -0.39 is 6.29 Å². The zero-order valence-corrected chi connectivity index (χ0v) is 25.7. The van der Waals surface area contributed by atoms with E-state index in [0.29, 0.717) is 24.9 Å². The number of hydrogen-bond donors (Lipinski definition) is 4. The fraction of sp³-hybridized carbons (Fsp3) is 0.429.